The van der Waals surface area contributed by atoms with Gasteiger partial charge in [0.05, 0.1) is 0 Å². The first-order valence-corrected chi connectivity index (χ1v) is 6.37. The fourth-order valence-electron chi connectivity index (χ4n) is 2.99. The summed E-state index contributed by atoms with van der Waals surface area (Å²) in [6, 6.07) is 0. The van der Waals surface area contributed by atoms with Crippen molar-refractivity contribution in [3.63, 3.8) is 0 Å². The van der Waals surface area contributed by atoms with Crippen molar-refractivity contribution >= 4 is 0 Å². The first-order valence-electron chi connectivity index (χ1n) is 6.37. The van der Waals surface area contributed by atoms with Crippen molar-refractivity contribution < 1.29 is 0 Å². The standard InChI is InChI=1S/C14H26/c1-6-11(7-2)14-9-13(10(4)5)12(14)8-3/h9-12,14H,6-8H2,1-5H3. The van der Waals surface area contributed by atoms with Gasteiger partial charge in [0.1, 0.15) is 0 Å². The maximum atomic E-state index is 2.57. The lowest BCUT2D eigenvalue weighted by Gasteiger charge is -2.42. The van der Waals surface area contributed by atoms with E-state index in [9.17, 15) is 0 Å². The van der Waals surface area contributed by atoms with Gasteiger partial charge in [-0.05, 0) is 30.1 Å². The highest BCUT2D eigenvalue weighted by Crippen LogP contribution is 2.45. The molecule has 0 bridgehead atoms. The zero-order valence-electron chi connectivity index (χ0n) is 10.5. The zero-order chi connectivity index (χ0) is 10.7. The molecule has 0 aromatic carbocycles. The lowest BCUT2D eigenvalue weighted by molar-refractivity contribution is 0.236. The van der Waals surface area contributed by atoms with Gasteiger partial charge in [-0.1, -0.05) is 59.1 Å². The van der Waals surface area contributed by atoms with Gasteiger partial charge in [-0.3, -0.25) is 0 Å². The van der Waals surface area contributed by atoms with Crippen molar-refractivity contribution in [1.29, 1.82) is 0 Å². The molecule has 0 fully saturated rings. The molecule has 14 heavy (non-hydrogen) atoms. The first-order chi connectivity index (χ1) is 6.65. The van der Waals surface area contributed by atoms with Crippen molar-refractivity contribution in [2.75, 3.05) is 0 Å². The van der Waals surface area contributed by atoms with Crippen molar-refractivity contribution in [2.45, 2.75) is 53.9 Å². The van der Waals surface area contributed by atoms with Crippen LogP contribution in [0.15, 0.2) is 11.6 Å². The maximum absolute atomic E-state index is 2.57. The molecule has 1 rings (SSSR count). The summed E-state index contributed by atoms with van der Waals surface area (Å²) in [5, 5.41) is 0. The van der Waals surface area contributed by atoms with Crippen molar-refractivity contribution in [3.05, 3.63) is 11.6 Å². The van der Waals surface area contributed by atoms with E-state index in [1.54, 1.807) is 5.57 Å². The third kappa shape index (κ3) is 2.04. The minimum Gasteiger partial charge on any atom is -0.0808 e. The van der Waals surface area contributed by atoms with Crippen molar-refractivity contribution in [1.82, 2.24) is 0 Å². The van der Waals surface area contributed by atoms with E-state index in [1.165, 1.54) is 19.3 Å². The minimum absolute atomic E-state index is 0.769. The summed E-state index contributed by atoms with van der Waals surface area (Å²) in [6.07, 6.45) is 6.60. The van der Waals surface area contributed by atoms with Crippen LogP contribution in [0, 0.1) is 23.7 Å². The van der Waals surface area contributed by atoms with Gasteiger partial charge in [-0.25, -0.2) is 0 Å². The summed E-state index contributed by atoms with van der Waals surface area (Å²) in [4.78, 5) is 0. The van der Waals surface area contributed by atoms with Gasteiger partial charge in [0, 0.05) is 0 Å². The third-order valence-corrected chi connectivity index (χ3v) is 3.98. The molecule has 0 aliphatic heterocycles. The van der Waals surface area contributed by atoms with E-state index < -0.39 is 0 Å². The van der Waals surface area contributed by atoms with Crippen LogP contribution in [0.2, 0.25) is 0 Å². The smallest absolute Gasteiger partial charge is 0.0137 e. The van der Waals surface area contributed by atoms with Crippen molar-refractivity contribution in [2.24, 2.45) is 23.7 Å². The van der Waals surface area contributed by atoms with Gasteiger partial charge < -0.3 is 0 Å². The molecule has 0 aromatic heterocycles. The van der Waals surface area contributed by atoms with Gasteiger partial charge in [0.2, 0.25) is 0 Å². The molecule has 1 aliphatic carbocycles. The molecule has 0 heteroatoms. The topological polar surface area (TPSA) is 0 Å². The molecular weight excluding hydrogens is 168 g/mol. The average Bonchev–Trinajstić information content (AvgIpc) is 2.11. The van der Waals surface area contributed by atoms with E-state index in [1.807, 2.05) is 0 Å². The molecule has 0 N–H and O–H groups in total. The summed E-state index contributed by atoms with van der Waals surface area (Å²) >= 11 is 0. The van der Waals surface area contributed by atoms with Gasteiger partial charge in [0.25, 0.3) is 0 Å². The number of hydrogen-bond donors (Lipinski definition) is 0. The predicted octanol–water partition coefficient (Wildman–Crippen LogP) is 4.66. The highest BCUT2D eigenvalue weighted by Gasteiger charge is 2.35. The van der Waals surface area contributed by atoms with Crippen LogP contribution >= 0.6 is 0 Å². The summed E-state index contributed by atoms with van der Waals surface area (Å²) in [5.41, 5.74) is 1.73. The molecule has 0 spiro atoms. The van der Waals surface area contributed by atoms with E-state index in [-0.39, 0.29) is 0 Å². The second-order valence-electron chi connectivity index (χ2n) is 4.99. The van der Waals surface area contributed by atoms with E-state index in [0.29, 0.717) is 0 Å². The fraction of sp³-hybridized carbons (Fsp3) is 0.857. The number of allylic oxidation sites excluding steroid dienone is 2. The van der Waals surface area contributed by atoms with Crippen LogP contribution < -0.4 is 0 Å². The Morgan fingerprint density at radius 3 is 2.07 bits per heavy atom. The lowest BCUT2D eigenvalue weighted by atomic mass is 9.63. The molecule has 0 saturated heterocycles. The summed E-state index contributed by atoms with van der Waals surface area (Å²) in [7, 11) is 0. The SMILES string of the molecule is CCC(CC)C1C=C(C(C)C)C1CC. The van der Waals surface area contributed by atoms with Crippen LogP contribution in [0.5, 0.6) is 0 Å². The normalized spacial score (nSPS) is 26.6. The quantitative estimate of drug-likeness (QED) is 0.558. The zero-order valence-corrected chi connectivity index (χ0v) is 10.5. The monoisotopic (exact) mass is 194 g/mol. The fourth-order valence-corrected chi connectivity index (χ4v) is 2.99. The molecular formula is C14H26. The summed E-state index contributed by atoms with van der Waals surface area (Å²) < 4.78 is 0. The second-order valence-corrected chi connectivity index (χ2v) is 4.99. The highest BCUT2D eigenvalue weighted by molar-refractivity contribution is 5.24. The van der Waals surface area contributed by atoms with Gasteiger partial charge in [-0.2, -0.15) is 0 Å². The predicted molar refractivity (Wildman–Crippen MR) is 64.3 cm³/mol. The molecule has 2 unspecified atom stereocenters. The molecule has 82 valence electrons. The largest absolute Gasteiger partial charge is 0.0808 e. The Balaban J connectivity index is 2.66. The van der Waals surface area contributed by atoms with E-state index in [2.05, 4.69) is 40.7 Å². The van der Waals surface area contributed by atoms with Gasteiger partial charge in [0.15, 0.2) is 0 Å². The summed E-state index contributed by atoms with van der Waals surface area (Å²) in [5.74, 6) is 3.50. The molecule has 0 amide bonds. The van der Waals surface area contributed by atoms with Crippen LogP contribution in [-0.2, 0) is 0 Å². The third-order valence-electron chi connectivity index (χ3n) is 3.98. The molecule has 0 nitrogen and oxygen atoms in total. The highest BCUT2D eigenvalue weighted by atomic mass is 14.4. The lowest BCUT2D eigenvalue weighted by Crippen LogP contribution is -2.32. The Morgan fingerprint density at radius 1 is 1.14 bits per heavy atom. The Kier molecular flexibility index (Phi) is 4.22. The van der Waals surface area contributed by atoms with Crippen LogP contribution in [0.25, 0.3) is 0 Å². The van der Waals surface area contributed by atoms with Gasteiger partial charge >= 0.3 is 0 Å². The van der Waals surface area contributed by atoms with E-state index in [4.69, 9.17) is 0 Å². The second kappa shape index (κ2) is 5.00. The van der Waals surface area contributed by atoms with Gasteiger partial charge in [-0.15, -0.1) is 0 Å². The molecule has 0 saturated carbocycles. The average molecular weight is 194 g/mol. The first kappa shape index (κ1) is 11.8. The summed E-state index contributed by atoms with van der Waals surface area (Å²) in [6.45, 7) is 11.7. The Hall–Kier alpha value is -0.260. The molecule has 0 radical (unpaired) electrons. The molecule has 0 aromatic rings. The number of rotatable bonds is 5. The minimum atomic E-state index is 0.769. The van der Waals surface area contributed by atoms with E-state index >= 15 is 0 Å². The molecule has 1 aliphatic rings. The van der Waals surface area contributed by atoms with Crippen LogP contribution in [0.3, 0.4) is 0 Å². The maximum Gasteiger partial charge on any atom is -0.0137 e. The van der Waals surface area contributed by atoms with E-state index in [0.717, 1.165) is 23.7 Å². The molecule has 2 atom stereocenters. The number of hydrogen-bond acceptors (Lipinski definition) is 0. The van der Waals surface area contributed by atoms with Crippen LogP contribution in [-0.4, -0.2) is 0 Å². The Labute approximate surface area is 89.8 Å². The van der Waals surface area contributed by atoms with Crippen LogP contribution in [0.1, 0.15) is 53.9 Å². The Morgan fingerprint density at radius 2 is 1.71 bits per heavy atom. The van der Waals surface area contributed by atoms with Crippen molar-refractivity contribution in [3.8, 4) is 0 Å². The molecule has 0 heterocycles. The van der Waals surface area contributed by atoms with Crippen LogP contribution in [0.4, 0.5) is 0 Å². The Bertz CT molecular complexity index is 196.